The van der Waals surface area contributed by atoms with Crippen LogP contribution in [0.25, 0.3) is 0 Å². The molecule has 0 spiro atoms. The Labute approximate surface area is 122 Å². The van der Waals surface area contributed by atoms with Gasteiger partial charge in [0.2, 0.25) is 0 Å². The average Bonchev–Trinajstić information content (AvgIpc) is 2.75. The van der Waals surface area contributed by atoms with Crippen molar-refractivity contribution < 1.29 is 4.42 Å². The molecule has 0 aliphatic heterocycles. The molecule has 3 heteroatoms. The SMILES string of the molecule is Cc1ccc(C)c(C(C)NCc2ccc(I)o2)c1. The van der Waals surface area contributed by atoms with E-state index in [1.165, 1.54) is 16.7 Å². The molecule has 0 bridgehead atoms. The minimum absolute atomic E-state index is 0.327. The fourth-order valence-electron chi connectivity index (χ4n) is 2.04. The molecule has 2 rings (SSSR count). The minimum atomic E-state index is 0.327. The maximum absolute atomic E-state index is 5.55. The van der Waals surface area contributed by atoms with E-state index in [1.54, 1.807) is 0 Å². The van der Waals surface area contributed by atoms with E-state index in [4.69, 9.17) is 4.42 Å². The highest BCUT2D eigenvalue weighted by Crippen LogP contribution is 2.19. The molecule has 0 radical (unpaired) electrons. The van der Waals surface area contributed by atoms with E-state index in [-0.39, 0.29) is 0 Å². The Bertz CT molecular complexity index is 533. The van der Waals surface area contributed by atoms with Gasteiger partial charge < -0.3 is 9.73 Å². The predicted molar refractivity (Wildman–Crippen MR) is 82.6 cm³/mol. The van der Waals surface area contributed by atoms with Crippen molar-refractivity contribution in [1.29, 1.82) is 0 Å². The molecule has 0 fully saturated rings. The molecule has 0 saturated heterocycles. The van der Waals surface area contributed by atoms with Gasteiger partial charge in [0, 0.05) is 6.04 Å². The van der Waals surface area contributed by atoms with Gasteiger partial charge in [-0.25, -0.2) is 0 Å². The minimum Gasteiger partial charge on any atom is -0.454 e. The summed E-state index contributed by atoms with van der Waals surface area (Å²) < 4.78 is 6.48. The second-order valence-electron chi connectivity index (χ2n) is 4.67. The van der Waals surface area contributed by atoms with E-state index in [2.05, 4.69) is 66.9 Å². The Morgan fingerprint density at radius 3 is 2.67 bits per heavy atom. The molecule has 1 aromatic carbocycles. The molecule has 96 valence electrons. The van der Waals surface area contributed by atoms with Crippen LogP contribution in [0.5, 0.6) is 0 Å². The number of hydrogen-bond donors (Lipinski definition) is 1. The van der Waals surface area contributed by atoms with Gasteiger partial charge in [0.1, 0.15) is 5.76 Å². The molecule has 18 heavy (non-hydrogen) atoms. The van der Waals surface area contributed by atoms with Gasteiger partial charge in [-0.15, -0.1) is 0 Å². The van der Waals surface area contributed by atoms with Crippen LogP contribution in [0.15, 0.2) is 34.7 Å². The number of halogens is 1. The lowest BCUT2D eigenvalue weighted by molar-refractivity contribution is 0.444. The zero-order valence-corrected chi connectivity index (χ0v) is 13.1. The lowest BCUT2D eigenvalue weighted by Gasteiger charge is -2.16. The molecule has 0 saturated carbocycles. The van der Waals surface area contributed by atoms with Crippen LogP contribution in [0.2, 0.25) is 0 Å². The smallest absolute Gasteiger partial charge is 0.164 e. The predicted octanol–water partition coefficient (Wildman–Crippen LogP) is 4.35. The molecule has 0 amide bonds. The molecular weight excluding hydrogens is 337 g/mol. The van der Waals surface area contributed by atoms with Crippen LogP contribution in [0, 0.1) is 17.6 Å². The molecule has 1 aromatic heterocycles. The summed E-state index contributed by atoms with van der Waals surface area (Å²) in [5.41, 5.74) is 3.99. The molecular formula is C15H18INO. The number of nitrogens with one attached hydrogen (secondary N) is 1. The largest absolute Gasteiger partial charge is 0.454 e. The summed E-state index contributed by atoms with van der Waals surface area (Å²) in [6.45, 7) is 7.24. The molecule has 2 nitrogen and oxygen atoms in total. The van der Waals surface area contributed by atoms with Crippen LogP contribution in [0.1, 0.15) is 35.4 Å². The van der Waals surface area contributed by atoms with E-state index < -0.39 is 0 Å². The fraction of sp³-hybridized carbons (Fsp3) is 0.333. The van der Waals surface area contributed by atoms with Crippen molar-refractivity contribution in [3.05, 3.63) is 56.5 Å². The van der Waals surface area contributed by atoms with Crippen molar-refractivity contribution in [1.82, 2.24) is 5.32 Å². The standard InChI is InChI=1S/C15H18INO/c1-10-4-5-11(2)14(8-10)12(3)17-9-13-6-7-15(16)18-13/h4-8,12,17H,9H2,1-3H3. The van der Waals surface area contributed by atoms with Gasteiger partial charge in [0.15, 0.2) is 3.77 Å². The molecule has 0 aliphatic rings. The Morgan fingerprint density at radius 1 is 1.22 bits per heavy atom. The fourth-order valence-corrected chi connectivity index (χ4v) is 2.50. The van der Waals surface area contributed by atoms with Crippen LogP contribution in [-0.2, 0) is 6.54 Å². The van der Waals surface area contributed by atoms with E-state index in [0.29, 0.717) is 6.04 Å². The van der Waals surface area contributed by atoms with Crippen molar-refractivity contribution in [2.75, 3.05) is 0 Å². The Kier molecular flexibility index (Phi) is 4.45. The summed E-state index contributed by atoms with van der Waals surface area (Å²) in [5.74, 6) is 0.983. The summed E-state index contributed by atoms with van der Waals surface area (Å²) in [4.78, 5) is 0. The Morgan fingerprint density at radius 2 is 2.00 bits per heavy atom. The van der Waals surface area contributed by atoms with Gasteiger partial charge in [-0.1, -0.05) is 23.8 Å². The van der Waals surface area contributed by atoms with Gasteiger partial charge in [-0.05, 0) is 66.6 Å². The van der Waals surface area contributed by atoms with Gasteiger partial charge in [-0.3, -0.25) is 0 Å². The second kappa shape index (κ2) is 5.89. The lowest BCUT2D eigenvalue weighted by atomic mass is 10.00. The summed E-state index contributed by atoms with van der Waals surface area (Å²) in [5, 5.41) is 3.50. The van der Waals surface area contributed by atoms with Crippen LogP contribution >= 0.6 is 22.6 Å². The monoisotopic (exact) mass is 355 g/mol. The maximum atomic E-state index is 5.55. The van der Waals surface area contributed by atoms with Gasteiger partial charge in [0.25, 0.3) is 0 Å². The van der Waals surface area contributed by atoms with Crippen LogP contribution in [-0.4, -0.2) is 0 Å². The molecule has 2 aromatic rings. The number of aryl methyl sites for hydroxylation is 2. The van der Waals surface area contributed by atoms with Gasteiger partial charge >= 0.3 is 0 Å². The normalized spacial score (nSPS) is 12.7. The van der Waals surface area contributed by atoms with Crippen molar-refractivity contribution in [3.63, 3.8) is 0 Å². The topological polar surface area (TPSA) is 25.2 Å². The van der Waals surface area contributed by atoms with Crippen molar-refractivity contribution >= 4 is 22.6 Å². The zero-order valence-electron chi connectivity index (χ0n) is 11.0. The zero-order chi connectivity index (χ0) is 13.1. The van der Waals surface area contributed by atoms with E-state index in [0.717, 1.165) is 16.1 Å². The first-order chi connectivity index (χ1) is 8.56. The number of hydrogen-bond acceptors (Lipinski definition) is 2. The summed E-state index contributed by atoms with van der Waals surface area (Å²) in [7, 11) is 0. The third-order valence-electron chi connectivity index (χ3n) is 3.11. The van der Waals surface area contributed by atoms with Crippen LogP contribution in [0.3, 0.4) is 0 Å². The number of furan rings is 1. The first-order valence-electron chi connectivity index (χ1n) is 6.11. The Hall–Kier alpha value is -0.810. The van der Waals surface area contributed by atoms with Gasteiger partial charge in [0.05, 0.1) is 6.54 Å². The average molecular weight is 355 g/mol. The Balaban J connectivity index is 2.03. The number of benzene rings is 1. The molecule has 1 heterocycles. The first kappa shape index (κ1) is 13.6. The third-order valence-corrected chi connectivity index (χ3v) is 3.69. The molecule has 0 aliphatic carbocycles. The van der Waals surface area contributed by atoms with Crippen LogP contribution in [0.4, 0.5) is 0 Å². The maximum Gasteiger partial charge on any atom is 0.164 e. The van der Waals surface area contributed by atoms with E-state index in [9.17, 15) is 0 Å². The van der Waals surface area contributed by atoms with Crippen molar-refractivity contribution in [2.24, 2.45) is 0 Å². The first-order valence-corrected chi connectivity index (χ1v) is 7.19. The lowest BCUT2D eigenvalue weighted by Crippen LogP contribution is -2.18. The molecule has 1 atom stereocenters. The highest BCUT2D eigenvalue weighted by molar-refractivity contribution is 14.1. The summed E-state index contributed by atoms with van der Waals surface area (Å²) >= 11 is 2.18. The van der Waals surface area contributed by atoms with Gasteiger partial charge in [-0.2, -0.15) is 0 Å². The quantitative estimate of drug-likeness (QED) is 0.825. The summed E-state index contributed by atoms with van der Waals surface area (Å²) in [6.07, 6.45) is 0. The van der Waals surface area contributed by atoms with E-state index >= 15 is 0 Å². The highest BCUT2D eigenvalue weighted by Gasteiger charge is 2.09. The van der Waals surface area contributed by atoms with E-state index in [1.807, 2.05) is 12.1 Å². The number of rotatable bonds is 4. The van der Waals surface area contributed by atoms with Crippen molar-refractivity contribution in [3.8, 4) is 0 Å². The second-order valence-corrected chi connectivity index (χ2v) is 5.73. The third kappa shape index (κ3) is 3.36. The summed E-state index contributed by atoms with van der Waals surface area (Å²) in [6, 6.07) is 10.9. The molecule has 1 unspecified atom stereocenters. The molecule has 1 N–H and O–H groups in total. The van der Waals surface area contributed by atoms with Crippen molar-refractivity contribution in [2.45, 2.75) is 33.4 Å². The van der Waals surface area contributed by atoms with Crippen LogP contribution < -0.4 is 5.32 Å². The highest BCUT2D eigenvalue weighted by atomic mass is 127.